The van der Waals surface area contributed by atoms with Gasteiger partial charge in [0.15, 0.2) is 6.29 Å². The minimum atomic E-state index is -0.153. The van der Waals surface area contributed by atoms with Crippen LogP contribution in [0.15, 0.2) is 22.9 Å². The third-order valence-corrected chi connectivity index (χ3v) is 2.55. The second-order valence-electron chi connectivity index (χ2n) is 4.48. The summed E-state index contributed by atoms with van der Waals surface area (Å²) in [4.78, 5) is 11.0. The molecule has 0 aromatic rings. The summed E-state index contributed by atoms with van der Waals surface area (Å²) >= 11 is 0. The van der Waals surface area contributed by atoms with E-state index in [0.29, 0.717) is 12.2 Å². The number of aldehydes is 1. The van der Waals surface area contributed by atoms with Crippen molar-refractivity contribution in [3.05, 3.63) is 22.9 Å². The molecule has 0 aromatic heterocycles. The Bertz CT molecular complexity index is 314. The molecule has 1 aliphatic rings. The molecule has 15 heavy (non-hydrogen) atoms. The van der Waals surface area contributed by atoms with Crippen molar-refractivity contribution in [2.24, 2.45) is 5.73 Å². The topological polar surface area (TPSA) is 55.1 Å². The zero-order chi connectivity index (χ0) is 11.5. The number of allylic oxidation sites excluding steroid dienone is 1. The van der Waals surface area contributed by atoms with Crippen molar-refractivity contribution >= 4 is 6.29 Å². The smallest absolute Gasteiger partial charge is 0.166 e. The van der Waals surface area contributed by atoms with Gasteiger partial charge in [0.05, 0.1) is 11.2 Å². The first-order valence-corrected chi connectivity index (χ1v) is 5.42. The Balaban J connectivity index is 3.10. The fourth-order valence-electron chi connectivity index (χ4n) is 1.99. The Morgan fingerprint density at radius 3 is 2.67 bits per heavy atom. The van der Waals surface area contributed by atoms with E-state index < -0.39 is 0 Å². The molecule has 0 saturated carbocycles. The maximum Gasteiger partial charge on any atom is 0.166 e. The highest BCUT2D eigenvalue weighted by Crippen LogP contribution is 2.26. The van der Waals surface area contributed by atoms with Crippen LogP contribution >= 0.6 is 0 Å². The Morgan fingerprint density at radius 1 is 1.53 bits per heavy atom. The van der Waals surface area contributed by atoms with E-state index in [0.717, 1.165) is 24.7 Å². The lowest BCUT2D eigenvalue weighted by atomic mass is 9.88. The van der Waals surface area contributed by atoms with Crippen LogP contribution < -0.4 is 11.1 Å². The van der Waals surface area contributed by atoms with Gasteiger partial charge < -0.3 is 11.1 Å². The third kappa shape index (κ3) is 2.69. The SMILES string of the molecule is CCCC1=CC(C)(C)NC(C=O)=C1CN. The van der Waals surface area contributed by atoms with Crippen molar-refractivity contribution < 1.29 is 4.79 Å². The minimum absolute atomic E-state index is 0.153. The molecule has 0 unspecified atom stereocenters. The number of dihydropyridines is 1. The summed E-state index contributed by atoms with van der Waals surface area (Å²) in [5, 5.41) is 3.19. The molecule has 0 saturated heterocycles. The van der Waals surface area contributed by atoms with Gasteiger partial charge in [0.25, 0.3) is 0 Å². The first-order valence-electron chi connectivity index (χ1n) is 5.42. The van der Waals surface area contributed by atoms with E-state index in [-0.39, 0.29) is 5.54 Å². The van der Waals surface area contributed by atoms with Gasteiger partial charge in [0.2, 0.25) is 0 Å². The van der Waals surface area contributed by atoms with Crippen molar-refractivity contribution in [2.45, 2.75) is 39.2 Å². The Morgan fingerprint density at radius 2 is 2.20 bits per heavy atom. The van der Waals surface area contributed by atoms with Crippen molar-refractivity contribution in [3.63, 3.8) is 0 Å². The molecule has 3 heteroatoms. The second kappa shape index (κ2) is 4.62. The van der Waals surface area contributed by atoms with Crippen LogP contribution in [0, 0.1) is 0 Å². The highest BCUT2D eigenvalue weighted by Gasteiger charge is 2.24. The van der Waals surface area contributed by atoms with Crippen LogP contribution in [0.5, 0.6) is 0 Å². The maximum atomic E-state index is 11.0. The fourth-order valence-corrected chi connectivity index (χ4v) is 1.99. The molecule has 1 heterocycles. The molecule has 0 atom stereocenters. The molecule has 0 aromatic carbocycles. The largest absolute Gasteiger partial charge is 0.374 e. The molecule has 1 rings (SSSR count). The normalized spacial score (nSPS) is 19.6. The molecule has 0 amide bonds. The number of nitrogens with two attached hydrogens (primary N) is 1. The molecular weight excluding hydrogens is 188 g/mol. The van der Waals surface area contributed by atoms with Gasteiger partial charge >= 0.3 is 0 Å². The van der Waals surface area contributed by atoms with Crippen molar-refractivity contribution in [2.75, 3.05) is 6.54 Å². The molecule has 0 fully saturated rings. The molecule has 0 spiro atoms. The number of carbonyl (C=O) groups is 1. The van der Waals surface area contributed by atoms with Gasteiger partial charge in [-0.1, -0.05) is 19.4 Å². The highest BCUT2D eigenvalue weighted by molar-refractivity contribution is 5.77. The van der Waals surface area contributed by atoms with E-state index in [2.05, 4.69) is 32.2 Å². The Labute approximate surface area is 91.4 Å². The van der Waals surface area contributed by atoms with E-state index in [1.54, 1.807) is 0 Å². The monoisotopic (exact) mass is 208 g/mol. The summed E-state index contributed by atoms with van der Waals surface area (Å²) in [5.41, 5.74) is 8.35. The summed E-state index contributed by atoms with van der Waals surface area (Å²) in [5.74, 6) is 0. The minimum Gasteiger partial charge on any atom is -0.374 e. The van der Waals surface area contributed by atoms with Crippen LogP contribution in [0.4, 0.5) is 0 Å². The fraction of sp³-hybridized carbons (Fsp3) is 0.583. The van der Waals surface area contributed by atoms with E-state index in [9.17, 15) is 4.79 Å². The van der Waals surface area contributed by atoms with Gasteiger partial charge in [-0.2, -0.15) is 0 Å². The van der Waals surface area contributed by atoms with Crippen LogP contribution in [0.2, 0.25) is 0 Å². The molecule has 84 valence electrons. The Hall–Kier alpha value is -1.09. The van der Waals surface area contributed by atoms with Crippen LogP contribution in [0.1, 0.15) is 33.6 Å². The standard InChI is InChI=1S/C12H20N2O/c1-4-5-9-6-12(2,3)14-11(8-15)10(9)7-13/h6,8,14H,4-5,7,13H2,1-3H3. The average Bonchev–Trinajstić information content (AvgIpc) is 2.16. The predicted octanol–water partition coefficient (Wildman–Crippen LogP) is 1.51. The highest BCUT2D eigenvalue weighted by atomic mass is 16.1. The summed E-state index contributed by atoms with van der Waals surface area (Å²) in [7, 11) is 0. The van der Waals surface area contributed by atoms with Gasteiger partial charge in [-0.15, -0.1) is 0 Å². The zero-order valence-electron chi connectivity index (χ0n) is 9.76. The van der Waals surface area contributed by atoms with Crippen molar-refractivity contribution in [1.29, 1.82) is 0 Å². The summed E-state index contributed by atoms with van der Waals surface area (Å²) in [6.45, 7) is 6.66. The van der Waals surface area contributed by atoms with E-state index >= 15 is 0 Å². The number of hydrogen-bond acceptors (Lipinski definition) is 3. The lowest BCUT2D eigenvalue weighted by Crippen LogP contribution is -2.41. The Kier molecular flexibility index (Phi) is 3.69. The van der Waals surface area contributed by atoms with E-state index in [4.69, 9.17) is 5.73 Å². The molecular formula is C12H20N2O. The van der Waals surface area contributed by atoms with Crippen LogP contribution in [-0.4, -0.2) is 18.4 Å². The number of nitrogens with one attached hydrogen (secondary N) is 1. The van der Waals surface area contributed by atoms with Gasteiger partial charge in [-0.25, -0.2) is 0 Å². The molecule has 3 N–H and O–H groups in total. The van der Waals surface area contributed by atoms with Gasteiger partial charge in [-0.3, -0.25) is 4.79 Å². The summed E-state index contributed by atoms with van der Waals surface area (Å²) in [6, 6.07) is 0. The molecule has 0 aliphatic carbocycles. The molecule has 0 radical (unpaired) electrons. The third-order valence-electron chi connectivity index (χ3n) is 2.55. The zero-order valence-corrected chi connectivity index (χ0v) is 9.76. The summed E-state index contributed by atoms with van der Waals surface area (Å²) in [6.07, 6.45) is 5.09. The maximum absolute atomic E-state index is 11.0. The number of rotatable bonds is 4. The van der Waals surface area contributed by atoms with Crippen molar-refractivity contribution in [1.82, 2.24) is 5.32 Å². The van der Waals surface area contributed by atoms with Gasteiger partial charge in [0.1, 0.15) is 0 Å². The van der Waals surface area contributed by atoms with E-state index in [1.807, 2.05) is 0 Å². The number of carbonyl (C=O) groups excluding carboxylic acids is 1. The lowest BCUT2D eigenvalue weighted by Gasteiger charge is -2.32. The molecule has 1 aliphatic heterocycles. The van der Waals surface area contributed by atoms with Crippen LogP contribution in [0.25, 0.3) is 0 Å². The number of hydrogen-bond donors (Lipinski definition) is 2. The first-order chi connectivity index (χ1) is 7.04. The van der Waals surface area contributed by atoms with Crippen LogP contribution in [-0.2, 0) is 4.79 Å². The molecule has 3 nitrogen and oxygen atoms in total. The van der Waals surface area contributed by atoms with Crippen LogP contribution in [0.3, 0.4) is 0 Å². The van der Waals surface area contributed by atoms with Crippen molar-refractivity contribution in [3.8, 4) is 0 Å². The van der Waals surface area contributed by atoms with Gasteiger partial charge in [-0.05, 0) is 31.4 Å². The van der Waals surface area contributed by atoms with Gasteiger partial charge in [0, 0.05) is 6.54 Å². The van der Waals surface area contributed by atoms with E-state index in [1.165, 1.54) is 5.57 Å². The second-order valence-corrected chi connectivity index (χ2v) is 4.48. The summed E-state index contributed by atoms with van der Waals surface area (Å²) < 4.78 is 0. The average molecular weight is 208 g/mol. The lowest BCUT2D eigenvalue weighted by molar-refractivity contribution is -0.105. The quantitative estimate of drug-likeness (QED) is 0.688. The molecule has 0 bridgehead atoms. The first kappa shape index (κ1) is 12.0. The predicted molar refractivity (Wildman–Crippen MR) is 62.4 cm³/mol.